The molecule has 86 valence electrons. The van der Waals surface area contributed by atoms with Crippen molar-refractivity contribution < 1.29 is 9.47 Å². The van der Waals surface area contributed by atoms with Crippen LogP contribution in [0.15, 0.2) is 0 Å². The van der Waals surface area contributed by atoms with Crippen molar-refractivity contribution in [3.63, 3.8) is 0 Å². The Morgan fingerprint density at radius 1 is 1.00 bits per heavy atom. The van der Waals surface area contributed by atoms with Gasteiger partial charge in [0, 0.05) is 19.6 Å². The maximum atomic E-state index is 5.63. The second-order valence-corrected chi connectivity index (χ2v) is 4.03. The molecular weight excluding hydrogens is 195 g/mol. The van der Waals surface area contributed by atoms with Gasteiger partial charge in [-0.05, 0) is 19.0 Å². The first-order valence-corrected chi connectivity index (χ1v) is 6.60. The van der Waals surface area contributed by atoms with E-state index in [1.165, 1.54) is 12.8 Å². The van der Waals surface area contributed by atoms with Gasteiger partial charge in [-0.25, -0.2) is 0 Å². The van der Waals surface area contributed by atoms with Gasteiger partial charge in [0.05, 0.1) is 0 Å². The van der Waals surface area contributed by atoms with E-state index in [1.807, 2.05) is 0 Å². The lowest BCUT2D eigenvalue weighted by Crippen LogP contribution is -2.19. The molecule has 0 spiro atoms. The highest BCUT2D eigenvalue weighted by molar-refractivity contribution is 7.16. The maximum absolute atomic E-state index is 5.63. The van der Waals surface area contributed by atoms with Crippen LogP contribution in [0.5, 0.6) is 0 Å². The zero-order chi connectivity index (χ0) is 10.6. The molecule has 0 saturated carbocycles. The van der Waals surface area contributed by atoms with Crippen molar-refractivity contribution in [3.05, 3.63) is 0 Å². The number of unbranched alkanes of at least 4 members (excludes halogenated alkanes) is 2. The van der Waals surface area contributed by atoms with Gasteiger partial charge in [-0.1, -0.05) is 26.7 Å². The summed E-state index contributed by atoms with van der Waals surface area (Å²) in [6.07, 6.45) is 6.67. The average molecular weight is 220 g/mol. The molecule has 0 N–H and O–H groups in total. The van der Waals surface area contributed by atoms with Crippen LogP contribution in [0.1, 0.15) is 46.0 Å². The van der Waals surface area contributed by atoms with Crippen LogP contribution in [-0.4, -0.2) is 25.7 Å². The van der Waals surface area contributed by atoms with E-state index in [1.54, 1.807) is 0 Å². The van der Waals surface area contributed by atoms with Gasteiger partial charge in [0.25, 0.3) is 0 Å². The average Bonchev–Trinajstić information content (AvgIpc) is 2.18. The van der Waals surface area contributed by atoms with Gasteiger partial charge >= 0.3 is 0 Å². The molecule has 0 aliphatic carbocycles. The topological polar surface area (TPSA) is 18.5 Å². The quantitative estimate of drug-likeness (QED) is 0.320. The highest BCUT2D eigenvalue weighted by atomic mass is 31.0. The fourth-order valence-electron chi connectivity index (χ4n) is 1.07. The van der Waals surface area contributed by atoms with E-state index in [0.29, 0.717) is 0 Å². The summed E-state index contributed by atoms with van der Waals surface area (Å²) in [5.41, 5.74) is 0. The summed E-state index contributed by atoms with van der Waals surface area (Å²) in [6, 6.07) is 0. The van der Waals surface area contributed by atoms with Gasteiger partial charge in [0.1, 0.15) is 0 Å². The first-order chi connectivity index (χ1) is 6.85. The molecule has 1 unspecified atom stereocenters. The number of ether oxygens (including phenoxy) is 2. The van der Waals surface area contributed by atoms with E-state index in [9.17, 15) is 0 Å². The molecule has 0 radical (unpaired) electrons. The Morgan fingerprint density at radius 2 is 1.50 bits per heavy atom. The van der Waals surface area contributed by atoms with Crippen molar-refractivity contribution >= 4 is 9.24 Å². The standard InChI is InChI=1S/C11H25O2P/c1-3-5-8-12-11(7-10-14)13-9-6-4-2/h11H,3-10,14H2,1-2H3. The highest BCUT2D eigenvalue weighted by Crippen LogP contribution is 2.06. The molecule has 0 rings (SSSR count). The number of hydrogen-bond acceptors (Lipinski definition) is 2. The Morgan fingerprint density at radius 3 is 1.86 bits per heavy atom. The Labute approximate surface area is 90.9 Å². The van der Waals surface area contributed by atoms with E-state index >= 15 is 0 Å². The Balaban J connectivity index is 3.44. The Kier molecular flexibility index (Phi) is 11.7. The molecule has 3 heteroatoms. The molecule has 0 aliphatic rings. The molecule has 0 aromatic carbocycles. The summed E-state index contributed by atoms with van der Waals surface area (Å²) in [4.78, 5) is 0. The number of rotatable bonds is 10. The molecule has 0 amide bonds. The second-order valence-electron chi connectivity index (χ2n) is 3.46. The molecular formula is C11H25O2P. The van der Waals surface area contributed by atoms with E-state index in [4.69, 9.17) is 9.47 Å². The third-order valence-corrected chi connectivity index (χ3v) is 2.34. The molecule has 2 nitrogen and oxygen atoms in total. The summed E-state index contributed by atoms with van der Waals surface area (Å²) in [5.74, 6) is 0. The van der Waals surface area contributed by atoms with Crippen molar-refractivity contribution in [1.82, 2.24) is 0 Å². The largest absolute Gasteiger partial charge is 0.353 e. The SMILES string of the molecule is CCCCOC(CCP)OCCCC. The lowest BCUT2D eigenvalue weighted by Gasteiger charge is -2.17. The minimum Gasteiger partial charge on any atom is -0.353 e. The molecule has 0 fully saturated rings. The Bertz CT molecular complexity index is 99.5. The fourth-order valence-corrected chi connectivity index (χ4v) is 1.34. The third-order valence-electron chi connectivity index (χ3n) is 2.01. The van der Waals surface area contributed by atoms with Crippen LogP contribution in [0, 0.1) is 0 Å². The lowest BCUT2D eigenvalue weighted by molar-refractivity contribution is -0.143. The van der Waals surface area contributed by atoms with Crippen molar-refractivity contribution in [3.8, 4) is 0 Å². The van der Waals surface area contributed by atoms with Crippen LogP contribution in [0.25, 0.3) is 0 Å². The van der Waals surface area contributed by atoms with E-state index in [2.05, 4.69) is 23.1 Å². The van der Waals surface area contributed by atoms with Crippen LogP contribution in [0.4, 0.5) is 0 Å². The molecule has 0 heterocycles. The molecule has 0 bridgehead atoms. The molecule has 0 aromatic heterocycles. The van der Waals surface area contributed by atoms with Crippen molar-refractivity contribution in [2.24, 2.45) is 0 Å². The van der Waals surface area contributed by atoms with Gasteiger partial charge in [-0.15, -0.1) is 9.24 Å². The summed E-state index contributed by atoms with van der Waals surface area (Å²) in [6.45, 7) is 6.01. The second kappa shape index (κ2) is 11.4. The van der Waals surface area contributed by atoms with Gasteiger partial charge in [-0.3, -0.25) is 0 Å². The van der Waals surface area contributed by atoms with Crippen molar-refractivity contribution in [2.45, 2.75) is 52.2 Å². The minimum absolute atomic E-state index is 0.0191. The lowest BCUT2D eigenvalue weighted by atomic mass is 10.3. The van der Waals surface area contributed by atoms with Gasteiger partial charge < -0.3 is 9.47 Å². The van der Waals surface area contributed by atoms with E-state index in [0.717, 1.165) is 38.6 Å². The van der Waals surface area contributed by atoms with Crippen molar-refractivity contribution in [2.75, 3.05) is 19.4 Å². The molecule has 0 aliphatic heterocycles. The molecule has 14 heavy (non-hydrogen) atoms. The monoisotopic (exact) mass is 220 g/mol. The molecule has 0 aromatic rings. The third kappa shape index (κ3) is 8.93. The fraction of sp³-hybridized carbons (Fsp3) is 1.00. The summed E-state index contributed by atoms with van der Waals surface area (Å²) in [7, 11) is 2.72. The first-order valence-electron chi connectivity index (χ1n) is 5.78. The zero-order valence-electron chi connectivity index (χ0n) is 9.63. The molecule has 1 atom stereocenters. The zero-order valence-corrected chi connectivity index (χ0v) is 10.8. The van der Waals surface area contributed by atoms with E-state index < -0.39 is 0 Å². The van der Waals surface area contributed by atoms with Crippen molar-refractivity contribution in [1.29, 1.82) is 0 Å². The predicted molar refractivity (Wildman–Crippen MR) is 64.7 cm³/mol. The first kappa shape index (κ1) is 14.3. The summed E-state index contributed by atoms with van der Waals surface area (Å²) >= 11 is 0. The van der Waals surface area contributed by atoms with Crippen LogP contribution in [0.3, 0.4) is 0 Å². The molecule has 0 saturated heterocycles. The summed E-state index contributed by atoms with van der Waals surface area (Å²) < 4.78 is 11.3. The van der Waals surface area contributed by atoms with Gasteiger partial charge in [0.15, 0.2) is 6.29 Å². The van der Waals surface area contributed by atoms with Crippen LogP contribution in [-0.2, 0) is 9.47 Å². The van der Waals surface area contributed by atoms with Crippen LogP contribution >= 0.6 is 9.24 Å². The number of hydrogen-bond donors (Lipinski definition) is 0. The smallest absolute Gasteiger partial charge is 0.157 e. The van der Waals surface area contributed by atoms with E-state index in [-0.39, 0.29) is 6.29 Å². The van der Waals surface area contributed by atoms with Gasteiger partial charge in [0.2, 0.25) is 0 Å². The summed E-state index contributed by atoms with van der Waals surface area (Å²) in [5, 5.41) is 0. The predicted octanol–water partition coefficient (Wildman–Crippen LogP) is 3.21. The van der Waals surface area contributed by atoms with Crippen LogP contribution < -0.4 is 0 Å². The Hall–Kier alpha value is 0.350. The van der Waals surface area contributed by atoms with Crippen LogP contribution in [0.2, 0.25) is 0 Å². The maximum Gasteiger partial charge on any atom is 0.157 e. The van der Waals surface area contributed by atoms with Gasteiger partial charge in [-0.2, -0.15) is 0 Å². The highest BCUT2D eigenvalue weighted by Gasteiger charge is 2.06. The minimum atomic E-state index is 0.0191. The normalized spacial score (nSPS) is 11.1.